The number of aryl methyl sites for hydroxylation is 4. The molecule has 102 valence electrons. The van der Waals surface area contributed by atoms with Gasteiger partial charge >= 0.3 is 0 Å². The van der Waals surface area contributed by atoms with E-state index in [1.807, 2.05) is 0 Å². The van der Waals surface area contributed by atoms with Gasteiger partial charge in [0.15, 0.2) is 0 Å². The van der Waals surface area contributed by atoms with Gasteiger partial charge in [-0.05, 0) is 57.9 Å². The Hall–Kier alpha value is -0.870. The lowest BCUT2D eigenvalue weighted by atomic mass is 10.1. The summed E-state index contributed by atoms with van der Waals surface area (Å²) in [4.78, 5) is 5.82. The smallest absolute Gasteiger partial charge is 0.0900 e. The fraction of sp³-hybridized carbons (Fsp3) is 0.400. The van der Waals surface area contributed by atoms with Crippen molar-refractivity contribution in [1.29, 1.82) is 0 Å². The quantitative estimate of drug-likeness (QED) is 0.819. The van der Waals surface area contributed by atoms with Crippen molar-refractivity contribution < 1.29 is 0 Å². The Balaban J connectivity index is 2.29. The van der Waals surface area contributed by atoms with Gasteiger partial charge in [0.05, 0.1) is 16.7 Å². The standard InChI is InChI=1S/C15H19BrN2S/c1-8-6-13(16)7-9(2)14(8)18-11(4)15-10(3)17-12(5)19-15/h6-7,11,18H,1-5H3. The van der Waals surface area contributed by atoms with Crippen LogP contribution in [0.1, 0.15) is 39.7 Å². The molecule has 0 radical (unpaired) electrons. The molecule has 0 spiro atoms. The number of aromatic nitrogens is 1. The Kier molecular flexibility index (Phi) is 4.31. The first-order chi connectivity index (χ1) is 8.88. The van der Waals surface area contributed by atoms with Crippen molar-refractivity contribution in [2.24, 2.45) is 0 Å². The number of hydrogen-bond donors (Lipinski definition) is 1. The molecule has 0 saturated carbocycles. The van der Waals surface area contributed by atoms with Crippen molar-refractivity contribution in [3.63, 3.8) is 0 Å². The highest BCUT2D eigenvalue weighted by Gasteiger charge is 2.14. The number of hydrogen-bond acceptors (Lipinski definition) is 3. The molecule has 1 N–H and O–H groups in total. The topological polar surface area (TPSA) is 24.9 Å². The van der Waals surface area contributed by atoms with Gasteiger partial charge in [-0.15, -0.1) is 11.3 Å². The lowest BCUT2D eigenvalue weighted by Crippen LogP contribution is -2.08. The van der Waals surface area contributed by atoms with E-state index >= 15 is 0 Å². The fourth-order valence-electron chi connectivity index (χ4n) is 2.37. The maximum absolute atomic E-state index is 4.50. The summed E-state index contributed by atoms with van der Waals surface area (Å²) in [5.74, 6) is 0. The second-order valence-corrected chi connectivity index (χ2v) is 7.11. The maximum atomic E-state index is 4.50. The van der Waals surface area contributed by atoms with Crippen molar-refractivity contribution in [2.45, 2.75) is 40.7 Å². The first-order valence-corrected chi connectivity index (χ1v) is 7.96. The summed E-state index contributed by atoms with van der Waals surface area (Å²) in [6.07, 6.45) is 0. The fourth-order valence-corrected chi connectivity index (χ4v) is 3.99. The lowest BCUT2D eigenvalue weighted by Gasteiger charge is -2.19. The van der Waals surface area contributed by atoms with Crippen LogP contribution in [-0.2, 0) is 0 Å². The van der Waals surface area contributed by atoms with Gasteiger partial charge in [0.25, 0.3) is 0 Å². The molecule has 1 aromatic carbocycles. The molecule has 0 amide bonds. The third-order valence-electron chi connectivity index (χ3n) is 3.19. The molecule has 2 aromatic rings. The van der Waals surface area contributed by atoms with Crippen molar-refractivity contribution in [3.8, 4) is 0 Å². The molecule has 4 heteroatoms. The third-order valence-corrected chi connectivity index (χ3v) is 4.90. The average Bonchev–Trinajstić information content (AvgIpc) is 2.62. The molecular formula is C15H19BrN2S. The molecule has 0 bridgehead atoms. The molecule has 1 atom stereocenters. The van der Waals surface area contributed by atoms with Gasteiger partial charge in [-0.3, -0.25) is 0 Å². The van der Waals surface area contributed by atoms with E-state index in [-0.39, 0.29) is 6.04 Å². The van der Waals surface area contributed by atoms with Crippen LogP contribution in [0, 0.1) is 27.7 Å². The van der Waals surface area contributed by atoms with E-state index < -0.39 is 0 Å². The maximum Gasteiger partial charge on any atom is 0.0900 e. The van der Waals surface area contributed by atoms with E-state index in [2.05, 4.69) is 73.0 Å². The lowest BCUT2D eigenvalue weighted by molar-refractivity contribution is 0.885. The number of anilines is 1. The average molecular weight is 339 g/mol. The Bertz CT molecular complexity index is 581. The van der Waals surface area contributed by atoms with E-state index in [0.29, 0.717) is 0 Å². The van der Waals surface area contributed by atoms with E-state index in [0.717, 1.165) is 15.2 Å². The zero-order valence-corrected chi connectivity index (χ0v) is 14.4. The number of halogens is 1. The first-order valence-electron chi connectivity index (χ1n) is 6.35. The SMILES string of the molecule is Cc1nc(C)c(C(C)Nc2c(C)cc(Br)cc2C)s1. The minimum atomic E-state index is 0.282. The van der Waals surface area contributed by atoms with Crippen LogP contribution in [0.3, 0.4) is 0 Å². The highest BCUT2D eigenvalue weighted by atomic mass is 79.9. The van der Waals surface area contributed by atoms with Crippen LogP contribution >= 0.6 is 27.3 Å². The van der Waals surface area contributed by atoms with Crippen LogP contribution in [0.2, 0.25) is 0 Å². The van der Waals surface area contributed by atoms with Gasteiger partial charge in [0.2, 0.25) is 0 Å². The van der Waals surface area contributed by atoms with E-state index in [9.17, 15) is 0 Å². The van der Waals surface area contributed by atoms with Gasteiger partial charge in [0, 0.05) is 15.0 Å². The number of nitrogens with one attached hydrogen (secondary N) is 1. The first kappa shape index (κ1) is 14.5. The summed E-state index contributed by atoms with van der Waals surface area (Å²) in [5, 5.41) is 4.76. The summed E-state index contributed by atoms with van der Waals surface area (Å²) in [7, 11) is 0. The van der Waals surface area contributed by atoms with Crippen LogP contribution in [-0.4, -0.2) is 4.98 Å². The predicted octanol–water partition coefficient (Wildman–Crippen LogP) is 5.31. The summed E-state index contributed by atoms with van der Waals surface area (Å²) >= 11 is 5.31. The molecule has 1 aromatic heterocycles. The normalized spacial score (nSPS) is 12.5. The van der Waals surface area contributed by atoms with E-state index in [1.165, 1.54) is 21.7 Å². The van der Waals surface area contributed by atoms with Crippen LogP contribution in [0.25, 0.3) is 0 Å². The second-order valence-electron chi connectivity index (χ2n) is 4.96. The van der Waals surface area contributed by atoms with Gasteiger partial charge in [0.1, 0.15) is 0 Å². The van der Waals surface area contributed by atoms with Crippen molar-refractivity contribution in [3.05, 3.63) is 43.3 Å². The molecule has 1 unspecified atom stereocenters. The van der Waals surface area contributed by atoms with Crippen LogP contribution in [0.15, 0.2) is 16.6 Å². The van der Waals surface area contributed by atoms with Gasteiger partial charge in [-0.1, -0.05) is 15.9 Å². The number of benzene rings is 1. The number of nitrogens with zero attached hydrogens (tertiary/aromatic N) is 1. The molecule has 19 heavy (non-hydrogen) atoms. The Morgan fingerprint density at radius 1 is 1.16 bits per heavy atom. The molecule has 0 fully saturated rings. The molecule has 2 rings (SSSR count). The number of thiazole rings is 1. The van der Waals surface area contributed by atoms with Gasteiger partial charge in [-0.2, -0.15) is 0 Å². The van der Waals surface area contributed by atoms with Crippen molar-refractivity contribution in [1.82, 2.24) is 4.98 Å². The highest BCUT2D eigenvalue weighted by Crippen LogP contribution is 2.31. The van der Waals surface area contributed by atoms with Crippen molar-refractivity contribution >= 4 is 33.0 Å². The largest absolute Gasteiger partial charge is 0.377 e. The zero-order chi connectivity index (χ0) is 14.2. The predicted molar refractivity (Wildman–Crippen MR) is 87.2 cm³/mol. The summed E-state index contributed by atoms with van der Waals surface area (Å²) in [6, 6.07) is 4.57. The Morgan fingerprint density at radius 3 is 2.21 bits per heavy atom. The van der Waals surface area contributed by atoms with Crippen LogP contribution in [0.5, 0.6) is 0 Å². The molecule has 2 nitrogen and oxygen atoms in total. The molecule has 0 aliphatic carbocycles. The van der Waals surface area contributed by atoms with E-state index in [1.54, 1.807) is 11.3 Å². The summed E-state index contributed by atoms with van der Waals surface area (Å²) < 4.78 is 1.13. The molecule has 1 heterocycles. The molecule has 0 aliphatic heterocycles. The number of rotatable bonds is 3. The Morgan fingerprint density at radius 2 is 1.74 bits per heavy atom. The zero-order valence-electron chi connectivity index (χ0n) is 12.0. The molecular weight excluding hydrogens is 320 g/mol. The summed E-state index contributed by atoms with van der Waals surface area (Å²) in [5.41, 5.74) is 4.88. The molecule has 0 saturated heterocycles. The van der Waals surface area contributed by atoms with Crippen LogP contribution < -0.4 is 5.32 Å². The minimum absolute atomic E-state index is 0.282. The second kappa shape index (κ2) is 5.63. The van der Waals surface area contributed by atoms with E-state index in [4.69, 9.17) is 0 Å². The third kappa shape index (κ3) is 3.18. The highest BCUT2D eigenvalue weighted by molar-refractivity contribution is 9.10. The van der Waals surface area contributed by atoms with Crippen molar-refractivity contribution in [2.75, 3.05) is 5.32 Å². The summed E-state index contributed by atoms with van der Waals surface area (Å²) in [6.45, 7) is 10.6. The van der Waals surface area contributed by atoms with Crippen LogP contribution in [0.4, 0.5) is 5.69 Å². The minimum Gasteiger partial charge on any atom is -0.377 e. The van der Waals surface area contributed by atoms with Gasteiger partial charge in [-0.25, -0.2) is 4.98 Å². The monoisotopic (exact) mass is 338 g/mol. The Labute approximate surface area is 127 Å². The van der Waals surface area contributed by atoms with Gasteiger partial charge < -0.3 is 5.32 Å². The molecule has 0 aliphatic rings.